The van der Waals surface area contributed by atoms with Gasteiger partial charge >= 0.3 is 0 Å². The molecule has 22 heavy (non-hydrogen) atoms. The first-order chi connectivity index (χ1) is 10.1. The molecule has 0 aliphatic heterocycles. The van der Waals surface area contributed by atoms with Gasteiger partial charge in [0.1, 0.15) is 5.75 Å². The van der Waals surface area contributed by atoms with Crippen LogP contribution in [0.4, 0.5) is 0 Å². The number of aromatic amines is 1. The Morgan fingerprint density at radius 2 is 1.82 bits per heavy atom. The molecule has 0 aliphatic carbocycles. The molecular weight excluding hydrogens is 296 g/mol. The highest BCUT2D eigenvalue weighted by molar-refractivity contribution is 5.85. The molecule has 0 saturated carbocycles. The average molecular weight is 323 g/mol. The summed E-state index contributed by atoms with van der Waals surface area (Å²) in [4.78, 5) is 0. The molecule has 0 saturated heterocycles. The van der Waals surface area contributed by atoms with Gasteiger partial charge in [-0.1, -0.05) is 12.1 Å². The molecule has 0 fully saturated rings. The highest BCUT2D eigenvalue weighted by atomic mass is 35.5. The third-order valence-electron chi connectivity index (χ3n) is 4.16. The summed E-state index contributed by atoms with van der Waals surface area (Å²) in [5.41, 5.74) is 6.27. The zero-order valence-electron chi connectivity index (χ0n) is 14.0. The number of unbranched alkanes of at least 4 members (excludes halogenated alkanes) is 2. The number of hydrogen-bond donors (Lipinski definition) is 1. The fourth-order valence-electron chi connectivity index (χ4n) is 2.59. The van der Waals surface area contributed by atoms with Crippen molar-refractivity contribution in [1.82, 2.24) is 10.2 Å². The molecule has 0 aliphatic rings. The van der Waals surface area contributed by atoms with Crippen LogP contribution in [0.3, 0.4) is 0 Å². The van der Waals surface area contributed by atoms with Crippen molar-refractivity contribution in [1.29, 1.82) is 0 Å². The van der Waals surface area contributed by atoms with Crippen LogP contribution in [-0.2, 0) is 6.42 Å². The van der Waals surface area contributed by atoms with Gasteiger partial charge < -0.3 is 4.74 Å². The number of hydrogen-bond acceptors (Lipinski definition) is 2. The molecule has 0 bridgehead atoms. The molecule has 0 amide bonds. The van der Waals surface area contributed by atoms with Crippen molar-refractivity contribution in [2.45, 2.75) is 53.4 Å². The monoisotopic (exact) mass is 322 g/mol. The predicted molar refractivity (Wildman–Crippen MR) is 94.3 cm³/mol. The zero-order valence-corrected chi connectivity index (χ0v) is 14.8. The predicted octanol–water partition coefficient (Wildman–Crippen LogP) is 4.86. The number of ether oxygens (including phenoxy) is 1. The molecule has 0 radical (unpaired) electrons. The van der Waals surface area contributed by atoms with E-state index in [-0.39, 0.29) is 12.4 Å². The Morgan fingerprint density at radius 3 is 2.50 bits per heavy atom. The quantitative estimate of drug-likeness (QED) is 0.739. The van der Waals surface area contributed by atoms with Gasteiger partial charge in [-0.25, -0.2) is 0 Å². The molecule has 1 heterocycles. The van der Waals surface area contributed by atoms with Crippen LogP contribution < -0.4 is 4.74 Å². The minimum Gasteiger partial charge on any atom is -0.493 e. The maximum Gasteiger partial charge on any atom is 0.122 e. The fourth-order valence-corrected chi connectivity index (χ4v) is 2.59. The summed E-state index contributed by atoms with van der Waals surface area (Å²) in [5.74, 6) is 1.02. The molecule has 1 N–H and O–H groups in total. The van der Waals surface area contributed by atoms with Crippen LogP contribution in [0.2, 0.25) is 0 Å². The van der Waals surface area contributed by atoms with Gasteiger partial charge in [0.2, 0.25) is 0 Å². The number of aromatic nitrogens is 2. The van der Waals surface area contributed by atoms with Crippen molar-refractivity contribution in [2.75, 3.05) is 6.61 Å². The Morgan fingerprint density at radius 1 is 1.05 bits per heavy atom. The largest absolute Gasteiger partial charge is 0.493 e. The second-order valence-electron chi connectivity index (χ2n) is 5.77. The van der Waals surface area contributed by atoms with E-state index in [0.717, 1.165) is 30.9 Å². The Kier molecular flexibility index (Phi) is 7.46. The Hall–Kier alpha value is -1.48. The lowest BCUT2D eigenvalue weighted by molar-refractivity contribution is 0.303. The zero-order chi connectivity index (χ0) is 15.2. The van der Waals surface area contributed by atoms with Gasteiger partial charge in [-0.2, -0.15) is 5.10 Å². The van der Waals surface area contributed by atoms with E-state index in [1.807, 2.05) is 0 Å². The van der Waals surface area contributed by atoms with Crippen molar-refractivity contribution in [2.24, 2.45) is 0 Å². The third kappa shape index (κ3) is 4.77. The molecule has 2 rings (SSSR count). The van der Waals surface area contributed by atoms with E-state index < -0.39 is 0 Å². The highest BCUT2D eigenvalue weighted by Crippen LogP contribution is 2.21. The van der Waals surface area contributed by atoms with Gasteiger partial charge in [-0.15, -0.1) is 12.4 Å². The van der Waals surface area contributed by atoms with Crippen LogP contribution in [0.25, 0.3) is 0 Å². The number of H-pyrrole nitrogens is 1. The number of halogens is 1. The Balaban J connectivity index is 0.00000242. The van der Waals surface area contributed by atoms with Crippen molar-refractivity contribution in [3.05, 3.63) is 46.3 Å². The number of benzene rings is 1. The van der Waals surface area contributed by atoms with Crippen molar-refractivity contribution < 1.29 is 4.74 Å². The van der Waals surface area contributed by atoms with E-state index in [1.54, 1.807) is 0 Å². The van der Waals surface area contributed by atoms with Crippen molar-refractivity contribution in [3.63, 3.8) is 0 Å². The topological polar surface area (TPSA) is 37.9 Å². The van der Waals surface area contributed by atoms with Gasteiger partial charge in [-0.05, 0) is 76.1 Å². The van der Waals surface area contributed by atoms with E-state index in [9.17, 15) is 0 Å². The normalized spacial score (nSPS) is 10.4. The Bertz CT molecular complexity index is 573. The standard InChI is InChI=1S/C18H26N2O.ClH/c1-13-9-8-11-18(14(13)2)21-12-7-5-6-10-17-15(3)19-20-16(17)4;/h8-9,11H,5-7,10,12H2,1-4H3,(H,19,20);1H. The molecule has 3 nitrogen and oxygen atoms in total. The molecule has 2 aromatic rings. The SMILES string of the molecule is Cc1cccc(OCCCCCc2c(C)n[nH]c2C)c1C.Cl. The molecule has 4 heteroatoms. The number of aryl methyl sites for hydroxylation is 3. The molecule has 0 unspecified atom stereocenters. The summed E-state index contributed by atoms with van der Waals surface area (Å²) >= 11 is 0. The number of nitrogens with zero attached hydrogens (tertiary/aromatic N) is 1. The van der Waals surface area contributed by atoms with Gasteiger partial charge in [0, 0.05) is 5.69 Å². The second kappa shape index (κ2) is 8.84. The summed E-state index contributed by atoms with van der Waals surface area (Å²) in [6, 6.07) is 6.24. The molecule has 122 valence electrons. The first-order valence-electron chi connectivity index (χ1n) is 7.79. The van der Waals surface area contributed by atoms with Crippen molar-refractivity contribution >= 4 is 12.4 Å². The summed E-state index contributed by atoms with van der Waals surface area (Å²) in [5, 5.41) is 7.29. The first-order valence-corrected chi connectivity index (χ1v) is 7.79. The molecule has 1 aromatic carbocycles. The summed E-state index contributed by atoms with van der Waals surface area (Å²) < 4.78 is 5.88. The Labute approximate surface area is 139 Å². The molecule has 1 aromatic heterocycles. The van der Waals surface area contributed by atoms with Crippen LogP contribution in [0, 0.1) is 27.7 Å². The lowest BCUT2D eigenvalue weighted by Crippen LogP contribution is -2.00. The van der Waals surface area contributed by atoms with Gasteiger partial charge in [0.15, 0.2) is 0 Å². The van der Waals surface area contributed by atoms with E-state index in [4.69, 9.17) is 4.74 Å². The fraction of sp³-hybridized carbons (Fsp3) is 0.500. The van der Waals surface area contributed by atoms with Gasteiger partial charge in [0.05, 0.1) is 12.3 Å². The minimum absolute atomic E-state index is 0. The second-order valence-corrected chi connectivity index (χ2v) is 5.77. The molecular formula is C18H27ClN2O. The van der Waals surface area contributed by atoms with E-state index in [1.165, 1.54) is 35.2 Å². The van der Waals surface area contributed by atoms with Gasteiger partial charge in [-0.3, -0.25) is 5.10 Å². The molecule has 0 spiro atoms. The van der Waals surface area contributed by atoms with E-state index in [0.29, 0.717) is 0 Å². The lowest BCUT2D eigenvalue weighted by atomic mass is 10.1. The van der Waals surface area contributed by atoms with Gasteiger partial charge in [0.25, 0.3) is 0 Å². The van der Waals surface area contributed by atoms with Crippen LogP contribution >= 0.6 is 12.4 Å². The first kappa shape index (κ1) is 18.6. The number of nitrogens with one attached hydrogen (secondary N) is 1. The van der Waals surface area contributed by atoms with E-state index >= 15 is 0 Å². The maximum absolute atomic E-state index is 5.88. The van der Waals surface area contributed by atoms with Crippen LogP contribution in [0.15, 0.2) is 18.2 Å². The molecule has 0 atom stereocenters. The summed E-state index contributed by atoms with van der Waals surface area (Å²) in [6.07, 6.45) is 4.59. The van der Waals surface area contributed by atoms with E-state index in [2.05, 4.69) is 56.1 Å². The van der Waals surface area contributed by atoms with Crippen LogP contribution in [0.5, 0.6) is 5.75 Å². The van der Waals surface area contributed by atoms with Crippen LogP contribution in [0.1, 0.15) is 47.3 Å². The summed E-state index contributed by atoms with van der Waals surface area (Å²) in [6.45, 7) is 9.21. The highest BCUT2D eigenvalue weighted by Gasteiger charge is 2.05. The smallest absolute Gasteiger partial charge is 0.122 e. The summed E-state index contributed by atoms with van der Waals surface area (Å²) in [7, 11) is 0. The third-order valence-corrected chi connectivity index (χ3v) is 4.16. The van der Waals surface area contributed by atoms with Crippen LogP contribution in [-0.4, -0.2) is 16.8 Å². The lowest BCUT2D eigenvalue weighted by Gasteiger charge is -2.10. The number of rotatable bonds is 7. The maximum atomic E-state index is 5.88. The average Bonchev–Trinajstić information content (AvgIpc) is 2.78. The minimum atomic E-state index is 0. The van der Waals surface area contributed by atoms with Crippen molar-refractivity contribution in [3.8, 4) is 5.75 Å².